The van der Waals surface area contributed by atoms with Gasteiger partial charge in [0.25, 0.3) is 0 Å². The maximum absolute atomic E-state index is 6.32. The van der Waals surface area contributed by atoms with Gasteiger partial charge in [-0.2, -0.15) is 0 Å². The van der Waals surface area contributed by atoms with Crippen LogP contribution < -0.4 is 5.73 Å². The predicted molar refractivity (Wildman–Crippen MR) is 64.9 cm³/mol. The van der Waals surface area contributed by atoms with Crippen molar-refractivity contribution in [3.05, 3.63) is 0 Å². The summed E-state index contributed by atoms with van der Waals surface area (Å²) in [5, 5.41) is 0. The molecule has 1 saturated carbocycles. The first-order valence-electron chi connectivity index (χ1n) is 6.56. The second-order valence-corrected chi connectivity index (χ2v) is 4.93. The van der Waals surface area contributed by atoms with Crippen molar-refractivity contribution in [1.82, 2.24) is 0 Å². The second-order valence-electron chi connectivity index (χ2n) is 4.93. The van der Waals surface area contributed by atoms with Crippen molar-refractivity contribution in [1.29, 1.82) is 0 Å². The van der Waals surface area contributed by atoms with Crippen LogP contribution in [0.4, 0.5) is 0 Å². The third-order valence-electron chi connectivity index (χ3n) is 3.90. The normalized spacial score (nSPS) is 23.4. The SMILES string of the molecule is CCCCC(N)C1(OC)CCCCCC1. The lowest BCUT2D eigenvalue weighted by Crippen LogP contribution is -2.49. The van der Waals surface area contributed by atoms with Crippen LogP contribution in [0.1, 0.15) is 64.7 Å². The fraction of sp³-hybridized carbons (Fsp3) is 1.00. The van der Waals surface area contributed by atoms with Gasteiger partial charge in [-0.15, -0.1) is 0 Å². The number of hydrogen-bond acceptors (Lipinski definition) is 2. The monoisotopic (exact) mass is 213 g/mol. The number of ether oxygens (including phenoxy) is 1. The molecule has 0 aliphatic heterocycles. The van der Waals surface area contributed by atoms with Gasteiger partial charge in [0.05, 0.1) is 5.60 Å². The minimum absolute atomic E-state index is 0.00826. The lowest BCUT2D eigenvalue weighted by molar-refractivity contribution is -0.0453. The molecule has 1 unspecified atom stereocenters. The molecule has 90 valence electrons. The van der Waals surface area contributed by atoms with E-state index in [4.69, 9.17) is 10.5 Å². The Bertz CT molecular complexity index is 162. The van der Waals surface area contributed by atoms with Gasteiger partial charge in [0.2, 0.25) is 0 Å². The molecule has 2 heteroatoms. The molecule has 0 bridgehead atoms. The maximum Gasteiger partial charge on any atom is 0.0828 e. The lowest BCUT2D eigenvalue weighted by Gasteiger charge is -2.37. The van der Waals surface area contributed by atoms with Crippen LogP contribution in [-0.4, -0.2) is 18.8 Å². The third kappa shape index (κ3) is 3.46. The summed E-state index contributed by atoms with van der Waals surface area (Å²) < 4.78 is 5.79. The largest absolute Gasteiger partial charge is 0.377 e. The standard InChI is InChI=1S/C13H27NO/c1-3-4-9-12(14)13(15-2)10-7-5-6-8-11-13/h12H,3-11,14H2,1-2H3. The van der Waals surface area contributed by atoms with E-state index in [0.29, 0.717) is 0 Å². The number of nitrogens with two attached hydrogens (primary N) is 1. The summed E-state index contributed by atoms with van der Waals surface area (Å²) in [6.07, 6.45) is 11.2. The third-order valence-corrected chi connectivity index (χ3v) is 3.90. The van der Waals surface area contributed by atoms with E-state index in [1.165, 1.54) is 38.5 Å². The van der Waals surface area contributed by atoms with E-state index in [9.17, 15) is 0 Å². The molecule has 1 atom stereocenters. The Balaban J connectivity index is 2.55. The van der Waals surface area contributed by atoms with Crippen LogP contribution in [0.2, 0.25) is 0 Å². The number of methoxy groups -OCH3 is 1. The maximum atomic E-state index is 6.32. The van der Waals surface area contributed by atoms with Gasteiger partial charge < -0.3 is 10.5 Å². The molecule has 2 N–H and O–H groups in total. The van der Waals surface area contributed by atoms with Gasteiger partial charge in [0, 0.05) is 13.2 Å². The topological polar surface area (TPSA) is 35.2 Å². The van der Waals surface area contributed by atoms with E-state index in [0.717, 1.165) is 19.3 Å². The van der Waals surface area contributed by atoms with E-state index in [1.54, 1.807) is 0 Å². The van der Waals surface area contributed by atoms with E-state index >= 15 is 0 Å². The molecular weight excluding hydrogens is 186 g/mol. The van der Waals surface area contributed by atoms with Crippen molar-refractivity contribution in [3.8, 4) is 0 Å². The van der Waals surface area contributed by atoms with E-state index in [-0.39, 0.29) is 11.6 Å². The predicted octanol–water partition coefficient (Wildman–Crippen LogP) is 3.24. The minimum Gasteiger partial charge on any atom is -0.377 e. The number of unbranched alkanes of at least 4 members (excludes halogenated alkanes) is 1. The first-order valence-corrected chi connectivity index (χ1v) is 6.56. The van der Waals surface area contributed by atoms with Crippen LogP contribution >= 0.6 is 0 Å². The molecule has 0 aromatic carbocycles. The highest BCUT2D eigenvalue weighted by Gasteiger charge is 2.36. The highest BCUT2D eigenvalue weighted by molar-refractivity contribution is 4.92. The molecule has 2 nitrogen and oxygen atoms in total. The second kappa shape index (κ2) is 6.49. The minimum atomic E-state index is -0.00826. The summed E-state index contributed by atoms with van der Waals surface area (Å²) in [5.74, 6) is 0. The van der Waals surface area contributed by atoms with Crippen LogP contribution in [-0.2, 0) is 4.74 Å². The van der Waals surface area contributed by atoms with Gasteiger partial charge >= 0.3 is 0 Å². The van der Waals surface area contributed by atoms with E-state index in [2.05, 4.69) is 6.92 Å². The molecule has 1 rings (SSSR count). The van der Waals surface area contributed by atoms with Crippen LogP contribution in [0.5, 0.6) is 0 Å². The van der Waals surface area contributed by atoms with Crippen LogP contribution in [0, 0.1) is 0 Å². The van der Waals surface area contributed by atoms with E-state index in [1.807, 2.05) is 7.11 Å². The molecule has 15 heavy (non-hydrogen) atoms. The van der Waals surface area contributed by atoms with Gasteiger partial charge in [-0.25, -0.2) is 0 Å². The average Bonchev–Trinajstić information content (AvgIpc) is 2.52. The summed E-state index contributed by atoms with van der Waals surface area (Å²) in [6.45, 7) is 2.22. The molecule has 0 heterocycles. The number of hydrogen-bond donors (Lipinski definition) is 1. The molecule has 0 spiro atoms. The summed E-state index contributed by atoms with van der Waals surface area (Å²) in [6, 6.07) is 0.237. The number of rotatable bonds is 5. The summed E-state index contributed by atoms with van der Waals surface area (Å²) >= 11 is 0. The molecule has 1 aliphatic rings. The molecule has 0 aromatic rings. The van der Waals surface area contributed by atoms with Crippen molar-refractivity contribution in [2.24, 2.45) is 5.73 Å². The van der Waals surface area contributed by atoms with Crippen LogP contribution in [0.3, 0.4) is 0 Å². The first kappa shape index (κ1) is 13.0. The fourth-order valence-electron chi connectivity index (χ4n) is 2.74. The van der Waals surface area contributed by atoms with Gasteiger partial charge in [-0.3, -0.25) is 0 Å². The first-order chi connectivity index (χ1) is 7.25. The smallest absolute Gasteiger partial charge is 0.0828 e. The molecule has 0 aromatic heterocycles. The highest BCUT2D eigenvalue weighted by atomic mass is 16.5. The van der Waals surface area contributed by atoms with Crippen molar-refractivity contribution in [2.45, 2.75) is 76.4 Å². The van der Waals surface area contributed by atoms with Gasteiger partial charge in [0.15, 0.2) is 0 Å². The Hall–Kier alpha value is -0.0800. The summed E-state index contributed by atoms with van der Waals surface area (Å²) in [7, 11) is 1.84. The summed E-state index contributed by atoms with van der Waals surface area (Å²) in [4.78, 5) is 0. The Morgan fingerprint density at radius 2 is 1.80 bits per heavy atom. The van der Waals surface area contributed by atoms with Crippen LogP contribution in [0.15, 0.2) is 0 Å². The zero-order valence-corrected chi connectivity index (χ0v) is 10.4. The van der Waals surface area contributed by atoms with Crippen molar-refractivity contribution in [2.75, 3.05) is 7.11 Å². The zero-order chi connectivity index (χ0) is 11.1. The molecule has 1 fully saturated rings. The molecule has 1 aliphatic carbocycles. The molecule has 0 amide bonds. The van der Waals surface area contributed by atoms with Crippen molar-refractivity contribution >= 4 is 0 Å². The molecular formula is C13H27NO. The van der Waals surface area contributed by atoms with Crippen LogP contribution in [0.25, 0.3) is 0 Å². The average molecular weight is 213 g/mol. The Labute approximate surface area is 94.6 Å². The summed E-state index contributed by atoms with van der Waals surface area (Å²) in [5.41, 5.74) is 6.32. The lowest BCUT2D eigenvalue weighted by atomic mass is 9.84. The van der Waals surface area contributed by atoms with Gasteiger partial charge in [-0.1, -0.05) is 45.4 Å². The fourth-order valence-corrected chi connectivity index (χ4v) is 2.74. The Kier molecular flexibility index (Phi) is 5.62. The van der Waals surface area contributed by atoms with Gasteiger partial charge in [0.1, 0.15) is 0 Å². The van der Waals surface area contributed by atoms with E-state index < -0.39 is 0 Å². The molecule has 0 radical (unpaired) electrons. The quantitative estimate of drug-likeness (QED) is 0.712. The Morgan fingerprint density at radius 3 is 2.27 bits per heavy atom. The zero-order valence-electron chi connectivity index (χ0n) is 10.4. The Morgan fingerprint density at radius 1 is 1.20 bits per heavy atom. The van der Waals surface area contributed by atoms with Crippen molar-refractivity contribution in [3.63, 3.8) is 0 Å². The van der Waals surface area contributed by atoms with Crippen molar-refractivity contribution < 1.29 is 4.74 Å². The molecule has 0 saturated heterocycles. The highest BCUT2D eigenvalue weighted by Crippen LogP contribution is 2.33. The van der Waals surface area contributed by atoms with Gasteiger partial charge in [-0.05, 0) is 19.3 Å².